The van der Waals surface area contributed by atoms with E-state index in [-0.39, 0.29) is 17.8 Å². The molecule has 0 saturated carbocycles. The predicted molar refractivity (Wildman–Crippen MR) is 81.4 cm³/mol. The Morgan fingerprint density at radius 1 is 1.39 bits per heavy atom. The molecule has 1 amide bonds. The van der Waals surface area contributed by atoms with Crippen LogP contribution in [0.5, 0.6) is 0 Å². The Labute approximate surface area is 134 Å². The fourth-order valence-electron chi connectivity index (χ4n) is 2.23. The second kappa shape index (κ2) is 6.35. The SMILES string of the molecule is CN(C(=O)OC(C)(C)C)C1CCN(c2ncc(C(=O)O)nn2)C1. The lowest BCUT2D eigenvalue weighted by Crippen LogP contribution is -2.42. The third-order valence-corrected chi connectivity index (χ3v) is 3.44. The van der Waals surface area contributed by atoms with E-state index in [9.17, 15) is 9.59 Å². The Bertz CT molecular complexity index is 584. The first-order valence-corrected chi connectivity index (χ1v) is 7.31. The number of aromatic nitrogens is 3. The first-order chi connectivity index (χ1) is 10.7. The molecule has 0 aliphatic carbocycles. The standard InChI is InChI=1S/C14H21N5O4/c1-14(2,3)23-13(22)18(4)9-5-6-19(8-9)12-15-7-10(11(20)21)16-17-12/h7,9H,5-6,8H2,1-4H3,(H,20,21). The van der Waals surface area contributed by atoms with Gasteiger partial charge in [-0.15, -0.1) is 10.2 Å². The number of carbonyl (C=O) groups excluding carboxylic acids is 1. The summed E-state index contributed by atoms with van der Waals surface area (Å²) in [5.74, 6) is -0.810. The molecule has 1 N–H and O–H groups in total. The van der Waals surface area contributed by atoms with Gasteiger partial charge in [-0.2, -0.15) is 0 Å². The molecule has 1 aromatic heterocycles. The molecule has 23 heavy (non-hydrogen) atoms. The Kier molecular flexibility index (Phi) is 4.67. The number of aromatic carboxylic acids is 1. The summed E-state index contributed by atoms with van der Waals surface area (Å²) in [6.45, 7) is 6.67. The zero-order chi connectivity index (χ0) is 17.2. The largest absolute Gasteiger partial charge is 0.476 e. The number of nitrogens with zero attached hydrogens (tertiary/aromatic N) is 5. The van der Waals surface area contributed by atoms with Crippen LogP contribution in [0.15, 0.2) is 6.20 Å². The van der Waals surface area contributed by atoms with Crippen LogP contribution in [0.4, 0.5) is 10.7 Å². The molecule has 126 valence electrons. The molecule has 1 unspecified atom stereocenters. The van der Waals surface area contributed by atoms with Gasteiger partial charge in [0.15, 0.2) is 5.69 Å². The second-order valence-electron chi connectivity index (χ2n) is 6.43. The fraction of sp³-hybridized carbons (Fsp3) is 0.643. The van der Waals surface area contributed by atoms with E-state index in [1.807, 2.05) is 25.7 Å². The lowest BCUT2D eigenvalue weighted by molar-refractivity contribution is 0.0237. The number of carboxylic acids is 1. The van der Waals surface area contributed by atoms with Crippen molar-refractivity contribution in [2.24, 2.45) is 0 Å². The van der Waals surface area contributed by atoms with Crippen molar-refractivity contribution < 1.29 is 19.4 Å². The molecule has 1 saturated heterocycles. The molecular weight excluding hydrogens is 302 g/mol. The highest BCUT2D eigenvalue weighted by Gasteiger charge is 2.32. The van der Waals surface area contributed by atoms with Crippen molar-refractivity contribution in [2.45, 2.75) is 38.8 Å². The summed E-state index contributed by atoms with van der Waals surface area (Å²) in [5, 5.41) is 16.2. The van der Waals surface area contributed by atoms with Crippen LogP contribution in [0.25, 0.3) is 0 Å². The minimum atomic E-state index is -1.17. The first kappa shape index (κ1) is 16.9. The molecule has 1 atom stereocenters. The maximum absolute atomic E-state index is 12.1. The van der Waals surface area contributed by atoms with Crippen molar-refractivity contribution in [1.29, 1.82) is 0 Å². The number of carbonyl (C=O) groups is 2. The van der Waals surface area contributed by atoms with Gasteiger partial charge >= 0.3 is 12.1 Å². The summed E-state index contributed by atoms with van der Waals surface area (Å²) in [6, 6.07) is -0.0207. The van der Waals surface area contributed by atoms with Crippen molar-refractivity contribution in [2.75, 3.05) is 25.0 Å². The molecule has 9 nitrogen and oxygen atoms in total. The van der Waals surface area contributed by atoms with Crippen LogP contribution in [-0.4, -0.2) is 69.0 Å². The Balaban J connectivity index is 1.97. The normalized spacial score (nSPS) is 17.9. The van der Waals surface area contributed by atoms with E-state index < -0.39 is 11.6 Å². The van der Waals surface area contributed by atoms with Crippen LogP contribution in [-0.2, 0) is 4.74 Å². The number of hydrogen-bond donors (Lipinski definition) is 1. The molecule has 2 heterocycles. The smallest absolute Gasteiger partial charge is 0.410 e. The van der Waals surface area contributed by atoms with Gasteiger partial charge < -0.3 is 19.6 Å². The van der Waals surface area contributed by atoms with Crippen molar-refractivity contribution in [3.8, 4) is 0 Å². The highest BCUT2D eigenvalue weighted by molar-refractivity contribution is 5.84. The van der Waals surface area contributed by atoms with E-state index in [0.717, 1.165) is 6.42 Å². The number of anilines is 1. The van der Waals surface area contributed by atoms with E-state index in [1.54, 1.807) is 11.9 Å². The minimum absolute atomic E-state index is 0.0207. The quantitative estimate of drug-likeness (QED) is 0.878. The Morgan fingerprint density at radius 2 is 2.09 bits per heavy atom. The zero-order valence-electron chi connectivity index (χ0n) is 13.7. The van der Waals surface area contributed by atoms with Gasteiger partial charge in [0.25, 0.3) is 0 Å². The fourth-order valence-corrected chi connectivity index (χ4v) is 2.23. The van der Waals surface area contributed by atoms with Crippen molar-refractivity contribution in [3.05, 3.63) is 11.9 Å². The van der Waals surface area contributed by atoms with E-state index in [2.05, 4.69) is 15.2 Å². The van der Waals surface area contributed by atoms with Crippen LogP contribution in [0.3, 0.4) is 0 Å². The van der Waals surface area contributed by atoms with Crippen LogP contribution in [0.1, 0.15) is 37.7 Å². The van der Waals surface area contributed by atoms with Crippen LogP contribution < -0.4 is 4.90 Å². The van der Waals surface area contributed by atoms with Crippen LogP contribution >= 0.6 is 0 Å². The average molecular weight is 323 g/mol. The molecule has 0 radical (unpaired) electrons. The zero-order valence-corrected chi connectivity index (χ0v) is 13.7. The summed E-state index contributed by atoms with van der Waals surface area (Å²) in [5.41, 5.74) is -0.737. The van der Waals surface area contributed by atoms with Gasteiger partial charge in [-0.3, -0.25) is 0 Å². The summed E-state index contributed by atoms with van der Waals surface area (Å²) in [7, 11) is 1.70. The summed E-state index contributed by atoms with van der Waals surface area (Å²) in [4.78, 5) is 30.3. The number of likely N-dealkylation sites (N-methyl/N-ethyl adjacent to an activating group) is 1. The lowest BCUT2D eigenvalue weighted by Gasteiger charge is -2.28. The lowest BCUT2D eigenvalue weighted by atomic mass is 10.2. The predicted octanol–water partition coefficient (Wildman–Crippen LogP) is 1.02. The third kappa shape index (κ3) is 4.27. The molecular formula is C14H21N5O4. The van der Waals surface area contributed by atoms with Gasteiger partial charge in [-0.25, -0.2) is 14.6 Å². The number of ether oxygens (including phenoxy) is 1. The van der Waals surface area contributed by atoms with Gasteiger partial charge in [0.1, 0.15) is 5.60 Å². The van der Waals surface area contributed by atoms with Crippen molar-refractivity contribution in [1.82, 2.24) is 20.1 Å². The average Bonchev–Trinajstić information content (AvgIpc) is 2.94. The number of amides is 1. The van der Waals surface area contributed by atoms with E-state index >= 15 is 0 Å². The number of hydrogen-bond acceptors (Lipinski definition) is 7. The monoisotopic (exact) mass is 323 g/mol. The van der Waals surface area contributed by atoms with Crippen LogP contribution in [0, 0.1) is 0 Å². The van der Waals surface area contributed by atoms with Gasteiger partial charge in [0.05, 0.1) is 12.2 Å². The van der Waals surface area contributed by atoms with Gasteiger partial charge in [0, 0.05) is 20.1 Å². The molecule has 1 aliphatic heterocycles. The molecule has 1 aromatic rings. The molecule has 1 fully saturated rings. The second-order valence-corrected chi connectivity index (χ2v) is 6.43. The van der Waals surface area contributed by atoms with Crippen molar-refractivity contribution in [3.63, 3.8) is 0 Å². The van der Waals surface area contributed by atoms with Gasteiger partial charge in [0.2, 0.25) is 5.95 Å². The highest BCUT2D eigenvalue weighted by Crippen LogP contribution is 2.20. The van der Waals surface area contributed by atoms with Crippen molar-refractivity contribution >= 4 is 18.0 Å². The minimum Gasteiger partial charge on any atom is -0.476 e. The highest BCUT2D eigenvalue weighted by atomic mass is 16.6. The third-order valence-electron chi connectivity index (χ3n) is 3.44. The molecule has 0 aromatic carbocycles. The number of rotatable bonds is 3. The summed E-state index contributed by atoms with van der Waals surface area (Å²) < 4.78 is 5.35. The molecule has 1 aliphatic rings. The van der Waals surface area contributed by atoms with E-state index in [4.69, 9.17) is 9.84 Å². The Hall–Kier alpha value is -2.45. The van der Waals surface area contributed by atoms with E-state index in [0.29, 0.717) is 19.0 Å². The number of carboxylic acid groups (broad SMARTS) is 1. The van der Waals surface area contributed by atoms with Crippen LogP contribution in [0.2, 0.25) is 0 Å². The maximum Gasteiger partial charge on any atom is 0.410 e. The Morgan fingerprint density at radius 3 is 2.61 bits per heavy atom. The molecule has 2 rings (SSSR count). The van der Waals surface area contributed by atoms with E-state index in [1.165, 1.54) is 6.20 Å². The van der Waals surface area contributed by atoms with Gasteiger partial charge in [-0.05, 0) is 27.2 Å². The molecule has 9 heteroatoms. The molecule has 0 bridgehead atoms. The molecule has 0 spiro atoms. The summed E-state index contributed by atoms with van der Waals surface area (Å²) >= 11 is 0. The van der Waals surface area contributed by atoms with Gasteiger partial charge in [-0.1, -0.05) is 0 Å². The topological polar surface area (TPSA) is 109 Å². The maximum atomic E-state index is 12.1. The first-order valence-electron chi connectivity index (χ1n) is 7.31. The summed E-state index contributed by atoms with van der Waals surface area (Å²) in [6.07, 6.45) is 1.56.